The first kappa shape index (κ1) is 24.2. The van der Waals surface area contributed by atoms with Gasteiger partial charge in [-0.15, -0.1) is 0 Å². The number of benzene rings is 2. The number of hydrogen-bond donors (Lipinski definition) is 1. The molecule has 2 aromatic rings. The largest absolute Gasteiger partial charge is 0.417 e. The number of hydrogen-bond acceptors (Lipinski definition) is 4. The molecule has 0 radical (unpaired) electrons. The third-order valence-electron chi connectivity index (χ3n) is 5.26. The summed E-state index contributed by atoms with van der Waals surface area (Å²) in [4.78, 5) is 23.9. The highest BCUT2D eigenvalue weighted by Gasteiger charge is 2.35. The third kappa shape index (κ3) is 5.31. The average Bonchev–Trinajstić information content (AvgIpc) is 2.74. The summed E-state index contributed by atoms with van der Waals surface area (Å²) in [6.45, 7) is 1.56. The van der Waals surface area contributed by atoms with Gasteiger partial charge < -0.3 is 5.32 Å². The molecule has 1 N–H and O–H groups in total. The minimum absolute atomic E-state index is 0.0349. The van der Waals surface area contributed by atoms with Gasteiger partial charge in [0.2, 0.25) is 15.9 Å². The normalized spacial score (nSPS) is 16.0. The van der Waals surface area contributed by atoms with Gasteiger partial charge in [-0.25, -0.2) is 8.42 Å². The number of nitrogens with one attached hydrogen (secondary N) is 1. The minimum Gasteiger partial charge on any atom is -0.326 e. The predicted molar refractivity (Wildman–Crippen MR) is 113 cm³/mol. The van der Waals surface area contributed by atoms with E-state index < -0.39 is 38.6 Å². The van der Waals surface area contributed by atoms with E-state index in [1.165, 1.54) is 41.6 Å². The number of carbonyl (C=O) groups excluding carboxylic acids is 2. The Labute approximate surface area is 188 Å². The van der Waals surface area contributed by atoms with Gasteiger partial charge in [-0.1, -0.05) is 23.7 Å². The topological polar surface area (TPSA) is 83.6 Å². The van der Waals surface area contributed by atoms with Crippen molar-refractivity contribution in [3.8, 4) is 0 Å². The third-order valence-corrected chi connectivity index (χ3v) is 7.51. The van der Waals surface area contributed by atoms with E-state index in [1.54, 1.807) is 0 Å². The SMILES string of the molecule is CC(=O)c1ccc(S(=O)(=O)N2CCC(C(=O)Nc3ccc(Cl)c(C(F)(F)F)c3)CC2)cc1. The van der Waals surface area contributed by atoms with Crippen LogP contribution in [0, 0.1) is 5.92 Å². The first-order valence-electron chi connectivity index (χ1n) is 9.68. The van der Waals surface area contributed by atoms with Crippen molar-refractivity contribution in [1.82, 2.24) is 4.31 Å². The number of anilines is 1. The molecule has 2 aromatic carbocycles. The maximum absolute atomic E-state index is 13.0. The molecule has 0 aliphatic carbocycles. The number of nitrogens with zero attached hydrogens (tertiary/aromatic N) is 1. The Bertz CT molecular complexity index is 1130. The first-order valence-corrected chi connectivity index (χ1v) is 11.5. The molecule has 1 aliphatic heterocycles. The molecule has 11 heteroatoms. The van der Waals surface area contributed by atoms with Gasteiger partial charge in [0.15, 0.2) is 5.78 Å². The smallest absolute Gasteiger partial charge is 0.326 e. The van der Waals surface area contributed by atoms with E-state index >= 15 is 0 Å². The molecule has 0 unspecified atom stereocenters. The molecule has 0 bridgehead atoms. The molecule has 0 atom stereocenters. The van der Waals surface area contributed by atoms with Gasteiger partial charge in [0, 0.05) is 30.3 Å². The number of amides is 1. The Hall–Kier alpha value is -2.43. The molecule has 0 spiro atoms. The van der Waals surface area contributed by atoms with Gasteiger partial charge in [0.25, 0.3) is 0 Å². The molecule has 3 rings (SSSR count). The number of alkyl halides is 3. The highest BCUT2D eigenvalue weighted by molar-refractivity contribution is 7.89. The fourth-order valence-electron chi connectivity index (χ4n) is 3.43. The van der Waals surface area contributed by atoms with Crippen LogP contribution >= 0.6 is 11.6 Å². The fourth-order valence-corrected chi connectivity index (χ4v) is 5.13. The zero-order valence-corrected chi connectivity index (χ0v) is 18.5. The Morgan fingerprint density at radius 1 is 1.06 bits per heavy atom. The van der Waals surface area contributed by atoms with Gasteiger partial charge in [-0.3, -0.25) is 9.59 Å². The van der Waals surface area contributed by atoms with Gasteiger partial charge >= 0.3 is 6.18 Å². The zero-order valence-electron chi connectivity index (χ0n) is 16.9. The van der Waals surface area contributed by atoms with E-state index in [4.69, 9.17) is 11.6 Å². The van der Waals surface area contributed by atoms with Crippen LogP contribution in [0.15, 0.2) is 47.4 Å². The standard InChI is InChI=1S/C21H20ClF3N2O4S/c1-13(28)14-2-5-17(6-3-14)32(30,31)27-10-8-15(9-11-27)20(29)26-16-4-7-19(22)18(12-16)21(23,24)25/h2-7,12,15H,8-11H2,1H3,(H,26,29). The van der Waals surface area contributed by atoms with Gasteiger partial charge in [-0.05, 0) is 50.1 Å². The number of halogens is 4. The van der Waals surface area contributed by atoms with Crippen LogP contribution < -0.4 is 5.32 Å². The molecule has 1 saturated heterocycles. The highest BCUT2D eigenvalue weighted by atomic mass is 35.5. The van der Waals surface area contributed by atoms with Gasteiger partial charge in [0.05, 0.1) is 15.5 Å². The summed E-state index contributed by atoms with van der Waals surface area (Å²) in [7, 11) is -3.79. The van der Waals surface area contributed by atoms with Crippen LogP contribution in [0.1, 0.15) is 35.7 Å². The molecule has 1 heterocycles. The Morgan fingerprint density at radius 2 is 1.66 bits per heavy atom. The van der Waals surface area contributed by atoms with Crippen molar-refractivity contribution in [2.24, 2.45) is 5.92 Å². The lowest BCUT2D eigenvalue weighted by Crippen LogP contribution is -2.41. The second-order valence-electron chi connectivity index (χ2n) is 7.44. The summed E-state index contributed by atoms with van der Waals surface area (Å²) >= 11 is 5.59. The van der Waals surface area contributed by atoms with Gasteiger partial charge in [-0.2, -0.15) is 17.5 Å². The highest BCUT2D eigenvalue weighted by Crippen LogP contribution is 2.36. The van der Waals surface area contributed by atoms with E-state index in [2.05, 4.69) is 5.32 Å². The molecule has 1 amide bonds. The zero-order chi connectivity index (χ0) is 23.7. The molecule has 1 fully saturated rings. The lowest BCUT2D eigenvalue weighted by atomic mass is 9.97. The van der Waals surface area contributed by atoms with E-state index in [1.807, 2.05) is 0 Å². The second kappa shape index (κ2) is 9.21. The quantitative estimate of drug-likeness (QED) is 0.623. The summed E-state index contributed by atoms with van der Waals surface area (Å²) in [5.74, 6) is -1.21. The minimum atomic E-state index is -4.65. The molecular weight excluding hydrogens is 469 g/mol. The van der Waals surface area contributed by atoms with Crippen molar-refractivity contribution in [3.63, 3.8) is 0 Å². The number of ketones is 1. The fraction of sp³-hybridized carbons (Fsp3) is 0.333. The lowest BCUT2D eigenvalue weighted by Gasteiger charge is -2.30. The maximum atomic E-state index is 13.0. The number of sulfonamides is 1. The van der Waals surface area contributed by atoms with E-state index in [0.717, 1.165) is 12.1 Å². The Morgan fingerprint density at radius 3 is 2.19 bits per heavy atom. The van der Waals surface area contributed by atoms with Gasteiger partial charge in [0.1, 0.15) is 0 Å². The van der Waals surface area contributed by atoms with Crippen molar-refractivity contribution < 1.29 is 31.2 Å². The van der Waals surface area contributed by atoms with Crippen molar-refractivity contribution in [3.05, 3.63) is 58.6 Å². The number of Topliss-reactive ketones (excluding diaryl/α,β-unsaturated/α-hetero) is 1. The van der Waals surface area contributed by atoms with Crippen molar-refractivity contribution in [1.29, 1.82) is 0 Å². The van der Waals surface area contributed by atoms with Crippen LogP contribution in [0.5, 0.6) is 0 Å². The molecule has 32 heavy (non-hydrogen) atoms. The lowest BCUT2D eigenvalue weighted by molar-refractivity contribution is -0.137. The van der Waals surface area contributed by atoms with Crippen molar-refractivity contribution >= 4 is 39.0 Å². The van der Waals surface area contributed by atoms with E-state index in [0.29, 0.717) is 5.56 Å². The van der Waals surface area contributed by atoms with Crippen LogP contribution in [0.25, 0.3) is 0 Å². The van der Waals surface area contributed by atoms with Crippen molar-refractivity contribution in [2.45, 2.75) is 30.8 Å². The monoisotopic (exact) mass is 488 g/mol. The van der Waals surface area contributed by atoms with E-state index in [9.17, 15) is 31.2 Å². The van der Waals surface area contributed by atoms with Crippen LogP contribution in [0.2, 0.25) is 5.02 Å². The molecule has 0 aromatic heterocycles. The van der Waals surface area contributed by atoms with Crippen LogP contribution in [-0.2, 0) is 21.0 Å². The van der Waals surface area contributed by atoms with Crippen LogP contribution in [0.4, 0.5) is 18.9 Å². The molecule has 6 nitrogen and oxygen atoms in total. The summed E-state index contributed by atoms with van der Waals surface area (Å²) in [6, 6.07) is 8.72. The molecule has 1 aliphatic rings. The summed E-state index contributed by atoms with van der Waals surface area (Å²) < 4.78 is 65.9. The second-order valence-corrected chi connectivity index (χ2v) is 9.79. The van der Waals surface area contributed by atoms with Crippen molar-refractivity contribution in [2.75, 3.05) is 18.4 Å². The Kier molecular flexibility index (Phi) is 6.97. The average molecular weight is 489 g/mol. The summed E-state index contributed by atoms with van der Waals surface area (Å²) in [6.07, 6.45) is -4.22. The first-order chi connectivity index (χ1) is 14.9. The summed E-state index contributed by atoms with van der Waals surface area (Å²) in [5.41, 5.74) is -0.684. The molecular formula is C21H20ClF3N2O4S. The number of rotatable bonds is 5. The number of carbonyl (C=O) groups is 2. The van der Waals surface area contributed by atoms with Crippen LogP contribution in [0.3, 0.4) is 0 Å². The number of piperidine rings is 1. The predicted octanol–water partition coefficient (Wildman–Crippen LogP) is 4.60. The van der Waals surface area contributed by atoms with E-state index in [-0.39, 0.29) is 42.3 Å². The van der Waals surface area contributed by atoms with Crippen LogP contribution in [-0.4, -0.2) is 37.5 Å². The Balaban J connectivity index is 1.64. The molecule has 0 saturated carbocycles. The maximum Gasteiger partial charge on any atom is 0.417 e. The molecule has 172 valence electrons. The summed E-state index contributed by atoms with van der Waals surface area (Å²) in [5, 5.41) is 1.99.